The molecule has 2 aromatic rings. The Kier molecular flexibility index (Phi) is 9.38. The van der Waals surface area contributed by atoms with Gasteiger partial charge in [-0.05, 0) is 22.0 Å². The summed E-state index contributed by atoms with van der Waals surface area (Å²) < 4.78 is 101. The molecular formula is C30H36F6O6. The molecule has 4 rings (SSSR count). The highest BCUT2D eigenvalue weighted by molar-refractivity contribution is 5.36. The molecule has 0 N–H and O–H groups in total. The van der Waals surface area contributed by atoms with Crippen LogP contribution in [0, 0.1) is 10.8 Å². The van der Waals surface area contributed by atoms with E-state index in [2.05, 4.69) is 0 Å². The van der Waals surface area contributed by atoms with Crippen LogP contribution in [0.3, 0.4) is 0 Å². The van der Waals surface area contributed by atoms with Gasteiger partial charge in [-0.1, -0.05) is 90.1 Å². The highest BCUT2D eigenvalue weighted by Crippen LogP contribution is 2.50. The molecule has 6 nitrogen and oxygen atoms in total. The molecule has 6 unspecified atom stereocenters. The van der Waals surface area contributed by atoms with E-state index in [1.165, 1.54) is 0 Å². The van der Waals surface area contributed by atoms with Gasteiger partial charge in [-0.25, -0.2) is 4.89 Å². The van der Waals surface area contributed by atoms with Crippen molar-refractivity contribution in [2.24, 2.45) is 10.8 Å². The molecular weight excluding hydrogens is 570 g/mol. The number of alkyl halides is 6. The van der Waals surface area contributed by atoms with Crippen molar-refractivity contribution in [1.29, 1.82) is 0 Å². The molecule has 0 bridgehead atoms. The summed E-state index contributed by atoms with van der Waals surface area (Å²) in [5.74, 6) is -1.12. The van der Waals surface area contributed by atoms with Gasteiger partial charge in [0.25, 0.3) is 0 Å². The van der Waals surface area contributed by atoms with Crippen LogP contribution < -0.4 is 0 Å². The number of benzene rings is 2. The van der Waals surface area contributed by atoms with Crippen LogP contribution in [0.5, 0.6) is 0 Å². The summed E-state index contributed by atoms with van der Waals surface area (Å²) in [4.78, 5) is 11.5. The van der Waals surface area contributed by atoms with Crippen molar-refractivity contribution in [3.8, 4) is 0 Å². The molecule has 0 spiro atoms. The Hall–Kier alpha value is -2.22. The lowest BCUT2D eigenvalue weighted by Gasteiger charge is -2.45. The fourth-order valence-corrected chi connectivity index (χ4v) is 5.48. The smallest absolute Gasteiger partial charge is 0.342 e. The van der Waals surface area contributed by atoms with Crippen LogP contribution in [0.15, 0.2) is 48.5 Å². The summed E-state index contributed by atoms with van der Waals surface area (Å²) in [6, 6.07) is 13.7. The number of hydrogen-bond donors (Lipinski definition) is 0. The van der Waals surface area contributed by atoms with E-state index < -0.39 is 73.4 Å². The van der Waals surface area contributed by atoms with Gasteiger partial charge in [0.05, 0.1) is 0 Å². The van der Waals surface area contributed by atoms with Crippen molar-refractivity contribution in [2.75, 3.05) is 13.2 Å². The van der Waals surface area contributed by atoms with Crippen LogP contribution in [-0.4, -0.2) is 38.1 Å². The summed E-state index contributed by atoms with van der Waals surface area (Å²) in [5, 5.41) is 0. The minimum atomic E-state index is -4.60. The highest BCUT2D eigenvalue weighted by Gasteiger charge is 2.48. The Bertz CT molecular complexity index is 1200. The SMILES string of the molecule is CC(C)(C)C1c2ccccc2C(OOC2OC(OCC(F)(F)F)c3ccccc3C2C(C)(C)C)OC1OCC(F)(F)F. The number of rotatable bonds is 7. The lowest BCUT2D eigenvalue weighted by atomic mass is 9.73. The Balaban J connectivity index is 1.64. The van der Waals surface area contributed by atoms with Gasteiger partial charge in [0.15, 0.2) is 12.6 Å². The van der Waals surface area contributed by atoms with Crippen molar-refractivity contribution in [1.82, 2.24) is 0 Å². The molecule has 0 saturated heterocycles. The fraction of sp³-hybridized carbons (Fsp3) is 0.600. The first-order valence-corrected chi connectivity index (χ1v) is 13.5. The molecule has 2 aliphatic rings. The predicted octanol–water partition coefficient (Wildman–Crippen LogP) is 8.46. The summed E-state index contributed by atoms with van der Waals surface area (Å²) in [7, 11) is 0. The molecule has 2 aromatic carbocycles. The van der Waals surface area contributed by atoms with Crippen LogP contribution in [0.1, 0.15) is 88.2 Å². The molecule has 0 amide bonds. The van der Waals surface area contributed by atoms with Gasteiger partial charge in [-0.2, -0.15) is 31.2 Å². The first-order chi connectivity index (χ1) is 19.4. The number of fused-ring (bicyclic) bond motifs is 2. The zero-order valence-corrected chi connectivity index (χ0v) is 24.2. The molecule has 6 atom stereocenters. The Morgan fingerprint density at radius 2 is 0.952 bits per heavy atom. The van der Waals surface area contributed by atoms with E-state index in [-0.39, 0.29) is 0 Å². The molecule has 0 aromatic heterocycles. The van der Waals surface area contributed by atoms with E-state index in [1.54, 1.807) is 48.5 Å². The van der Waals surface area contributed by atoms with Crippen molar-refractivity contribution in [2.45, 2.75) is 90.9 Å². The molecule has 2 heterocycles. The van der Waals surface area contributed by atoms with E-state index >= 15 is 0 Å². The van der Waals surface area contributed by atoms with Crippen LogP contribution in [0.25, 0.3) is 0 Å². The van der Waals surface area contributed by atoms with Gasteiger partial charge in [0, 0.05) is 23.0 Å². The van der Waals surface area contributed by atoms with Gasteiger partial charge in [-0.3, -0.25) is 0 Å². The first kappa shape index (κ1) is 32.7. The third kappa shape index (κ3) is 7.83. The monoisotopic (exact) mass is 606 g/mol. The second kappa shape index (κ2) is 12.0. The summed E-state index contributed by atoms with van der Waals surface area (Å²) in [6.07, 6.45) is -14.5. The molecule has 12 heteroatoms. The van der Waals surface area contributed by atoms with Gasteiger partial charge >= 0.3 is 12.4 Å². The predicted molar refractivity (Wildman–Crippen MR) is 139 cm³/mol. The van der Waals surface area contributed by atoms with Crippen molar-refractivity contribution < 1.29 is 55.1 Å². The molecule has 0 fully saturated rings. The molecule has 234 valence electrons. The van der Waals surface area contributed by atoms with Crippen molar-refractivity contribution in [3.05, 3.63) is 70.8 Å². The fourth-order valence-electron chi connectivity index (χ4n) is 5.48. The topological polar surface area (TPSA) is 55.4 Å². The van der Waals surface area contributed by atoms with E-state index in [4.69, 9.17) is 28.7 Å². The van der Waals surface area contributed by atoms with E-state index in [0.29, 0.717) is 22.3 Å². The molecule has 0 aliphatic carbocycles. The first-order valence-electron chi connectivity index (χ1n) is 13.5. The van der Waals surface area contributed by atoms with E-state index in [9.17, 15) is 26.3 Å². The average Bonchev–Trinajstić information content (AvgIpc) is 2.86. The zero-order chi connectivity index (χ0) is 31.1. The standard InChI is InChI=1S/C30H36F6O6/c1-27(2,3)21-18-12-8-10-14-20(18)24(40-25(21)38-16-30(34,35)36)41-42-26-22(28(4,5)6)17-11-7-9-13-19(17)23(39-26)37-15-29(31,32)33/h7-14,21-26H,15-16H2,1-6H3. The van der Waals surface area contributed by atoms with Crippen LogP contribution in [0.2, 0.25) is 0 Å². The second-order valence-electron chi connectivity index (χ2n) is 12.7. The van der Waals surface area contributed by atoms with Gasteiger partial charge in [0.1, 0.15) is 13.2 Å². The Labute approximate surface area is 241 Å². The molecule has 42 heavy (non-hydrogen) atoms. The van der Waals surface area contributed by atoms with Crippen molar-refractivity contribution >= 4 is 0 Å². The summed E-state index contributed by atoms with van der Waals surface area (Å²) >= 11 is 0. The van der Waals surface area contributed by atoms with Crippen molar-refractivity contribution in [3.63, 3.8) is 0 Å². The maximum atomic E-state index is 13.1. The van der Waals surface area contributed by atoms with Gasteiger partial charge < -0.3 is 18.9 Å². The zero-order valence-electron chi connectivity index (χ0n) is 24.2. The van der Waals surface area contributed by atoms with E-state index in [1.807, 2.05) is 41.5 Å². The third-order valence-corrected chi connectivity index (χ3v) is 7.14. The number of hydrogen-bond acceptors (Lipinski definition) is 6. The Morgan fingerprint density at radius 1 is 0.548 bits per heavy atom. The van der Waals surface area contributed by atoms with Gasteiger partial charge in [-0.15, -0.1) is 0 Å². The quantitative estimate of drug-likeness (QED) is 0.179. The maximum absolute atomic E-state index is 13.1. The third-order valence-electron chi connectivity index (χ3n) is 7.14. The van der Waals surface area contributed by atoms with E-state index in [0.717, 1.165) is 0 Å². The Morgan fingerprint density at radius 3 is 1.43 bits per heavy atom. The number of halogens is 6. The summed E-state index contributed by atoms with van der Waals surface area (Å²) in [5.41, 5.74) is 1.16. The molecule has 2 aliphatic heterocycles. The van der Waals surface area contributed by atoms with Crippen LogP contribution >= 0.6 is 0 Å². The largest absolute Gasteiger partial charge is 0.411 e. The normalized spacial score (nSPS) is 27.0. The van der Waals surface area contributed by atoms with Crippen LogP contribution in [-0.2, 0) is 28.7 Å². The highest BCUT2D eigenvalue weighted by atomic mass is 19.4. The molecule has 0 saturated carbocycles. The number of ether oxygens (including phenoxy) is 4. The minimum Gasteiger partial charge on any atom is -0.342 e. The lowest BCUT2D eigenvalue weighted by molar-refractivity contribution is -0.475. The second-order valence-corrected chi connectivity index (χ2v) is 12.7. The van der Waals surface area contributed by atoms with Crippen LogP contribution in [0.4, 0.5) is 26.3 Å². The average molecular weight is 607 g/mol. The van der Waals surface area contributed by atoms with Gasteiger partial charge in [0.2, 0.25) is 12.6 Å². The lowest BCUT2D eigenvalue weighted by Crippen LogP contribution is -2.43. The minimum absolute atomic E-state index is 0.425. The summed E-state index contributed by atoms with van der Waals surface area (Å²) in [6.45, 7) is 8.23. The maximum Gasteiger partial charge on any atom is 0.411 e. The molecule has 0 radical (unpaired) electrons.